The molecule has 1 rings (SSSR count). The average molecular weight is 301 g/mol. The third-order valence-corrected chi connectivity index (χ3v) is 3.24. The molecule has 1 aliphatic rings. The Morgan fingerprint density at radius 1 is 1.43 bits per heavy atom. The topological polar surface area (TPSA) is 122 Å². The Hall–Kier alpha value is -1.83. The highest BCUT2D eigenvalue weighted by atomic mass is 16.5. The molecule has 0 unspecified atom stereocenters. The second kappa shape index (κ2) is 8.46. The number of amides is 3. The van der Waals surface area contributed by atoms with Crippen molar-refractivity contribution in [3.63, 3.8) is 0 Å². The van der Waals surface area contributed by atoms with Crippen LogP contribution in [-0.2, 0) is 14.3 Å². The van der Waals surface area contributed by atoms with Gasteiger partial charge in [0, 0.05) is 26.6 Å². The van der Waals surface area contributed by atoms with Gasteiger partial charge in [0.05, 0.1) is 6.61 Å². The molecular formula is C13H23N3O5. The zero-order chi connectivity index (χ0) is 15.8. The van der Waals surface area contributed by atoms with Crippen LogP contribution in [0.4, 0.5) is 4.79 Å². The Labute approximate surface area is 123 Å². The number of urea groups is 1. The van der Waals surface area contributed by atoms with Crippen LogP contribution in [0.25, 0.3) is 0 Å². The maximum Gasteiger partial charge on any atom is 0.326 e. The predicted octanol–water partition coefficient (Wildman–Crippen LogP) is -0.227. The van der Waals surface area contributed by atoms with Gasteiger partial charge in [0.25, 0.3) is 0 Å². The standard InChI is InChI=1S/C13H23N3O5/c1-16(6-7-21-8-9-2-3-9)13(20)15-10(12(18)19)4-5-11(14)17/h9-10H,2-8H2,1H3,(H2,14,17)(H,15,20)(H,18,19)/t10-/m1/s1. The van der Waals surface area contributed by atoms with Crippen LogP contribution in [0.1, 0.15) is 25.7 Å². The molecule has 0 aromatic heterocycles. The molecular weight excluding hydrogens is 278 g/mol. The van der Waals surface area contributed by atoms with Gasteiger partial charge in [-0.1, -0.05) is 0 Å². The number of carbonyl (C=O) groups excluding carboxylic acids is 2. The normalized spacial score (nSPS) is 15.3. The minimum Gasteiger partial charge on any atom is -0.480 e. The first-order valence-electron chi connectivity index (χ1n) is 7.00. The molecule has 0 radical (unpaired) electrons. The molecule has 0 saturated heterocycles. The lowest BCUT2D eigenvalue weighted by molar-refractivity contribution is -0.139. The third kappa shape index (κ3) is 7.50. The third-order valence-electron chi connectivity index (χ3n) is 3.24. The smallest absolute Gasteiger partial charge is 0.326 e. The number of carboxylic acids is 1. The Morgan fingerprint density at radius 3 is 2.62 bits per heavy atom. The number of hydrogen-bond donors (Lipinski definition) is 3. The molecule has 0 spiro atoms. The summed E-state index contributed by atoms with van der Waals surface area (Å²) in [5.74, 6) is -1.13. The number of carboxylic acid groups (broad SMARTS) is 1. The van der Waals surface area contributed by atoms with E-state index in [1.807, 2.05) is 0 Å². The molecule has 0 aromatic carbocycles. The summed E-state index contributed by atoms with van der Waals surface area (Å²) in [6.07, 6.45) is 2.29. The summed E-state index contributed by atoms with van der Waals surface area (Å²) in [6, 6.07) is -1.64. The van der Waals surface area contributed by atoms with Gasteiger partial charge in [0.1, 0.15) is 6.04 Å². The molecule has 0 bridgehead atoms. The largest absolute Gasteiger partial charge is 0.480 e. The summed E-state index contributed by atoms with van der Waals surface area (Å²) in [7, 11) is 1.56. The molecule has 1 fully saturated rings. The molecule has 1 saturated carbocycles. The molecule has 1 aliphatic carbocycles. The van der Waals surface area contributed by atoms with Crippen LogP contribution in [0.3, 0.4) is 0 Å². The van der Waals surface area contributed by atoms with Crippen LogP contribution < -0.4 is 11.1 Å². The van der Waals surface area contributed by atoms with Crippen molar-refractivity contribution in [2.75, 3.05) is 26.8 Å². The van der Waals surface area contributed by atoms with Crippen molar-refractivity contribution in [2.24, 2.45) is 11.7 Å². The molecule has 21 heavy (non-hydrogen) atoms. The van der Waals surface area contributed by atoms with Crippen molar-refractivity contribution in [3.05, 3.63) is 0 Å². The van der Waals surface area contributed by atoms with E-state index in [1.165, 1.54) is 17.7 Å². The van der Waals surface area contributed by atoms with E-state index in [0.717, 1.165) is 0 Å². The van der Waals surface area contributed by atoms with Crippen molar-refractivity contribution in [2.45, 2.75) is 31.7 Å². The van der Waals surface area contributed by atoms with Crippen LogP contribution in [0.15, 0.2) is 0 Å². The number of likely N-dealkylation sites (N-methyl/N-ethyl adjacent to an activating group) is 1. The van der Waals surface area contributed by atoms with E-state index in [0.29, 0.717) is 25.7 Å². The fraction of sp³-hybridized carbons (Fsp3) is 0.769. The highest BCUT2D eigenvalue weighted by Gasteiger charge is 2.23. The number of nitrogens with one attached hydrogen (secondary N) is 1. The monoisotopic (exact) mass is 301 g/mol. The van der Waals surface area contributed by atoms with Crippen molar-refractivity contribution in [1.82, 2.24) is 10.2 Å². The number of ether oxygens (including phenoxy) is 1. The number of nitrogens with zero attached hydrogens (tertiary/aromatic N) is 1. The summed E-state index contributed by atoms with van der Waals surface area (Å²) in [4.78, 5) is 34.8. The van der Waals surface area contributed by atoms with Crippen LogP contribution in [0, 0.1) is 5.92 Å². The van der Waals surface area contributed by atoms with Gasteiger partial charge in [-0.2, -0.15) is 0 Å². The summed E-state index contributed by atoms with van der Waals surface area (Å²) >= 11 is 0. The van der Waals surface area contributed by atoms with E-state index < -0.39 is 23.9 Å². The number of carbonyl (C=O) groups is 3. The lowest BCUT2D eigenvalue weighted by Gasteiger charge is -2.21. The molecule has 0 aliphatic heterocycles. The molecule has 0 heterocycles. The van der Waals surface area contributed by atoms with Gasteiger partial charge < -0.3 is 25.8 Å². The molecule has 0 aromatic rings. The first-order chi connectivity index (χ1) is 9.90. The van der Waals surface area contributed by atoms with Gasteiger partial charge in [0.15, 0.2) is 0 Å². The van der Waals surface area contributed by atoms with Crippen LogP contribution in [0.2, 0.25) is 0 Å². The van der Waals surface area contributed by atoms with Crippen molar-refractivity contribution in [3.8, 4) is 0 Å². The first-order valence-corrected chi connectivity index (χ1v) is 7.00. The Morgan fingerprint density at radius 2 is 2.10 bits per heavy atom. The maximum absolute atomic E-state index is 11.8. The molecule has 3 amide bonds. The van der Waals surface area contributed by atoms with Crippen molar-refractivity contribution >= 4 is 17.9 Å². The minimum absolute atomic E-state index is 0.0254. The van der Waals surface area contributed by atoms with Crippen LogP contribution in [-0.4, -0.2) is 60.8 Å². The fourth-order valence-corrected chi connectivity index (χ4v) is 1.64. The molecule has 4 N–H and O–H groups in total. The molecule has 1 atom stereocenters. The number of nitrogens with two attached hydrogens (primary N) is 1. The van der Waals surface area contributed by atoms with E-state index in [4.69, 9.17) is 15.6 Å². The number of aliphatic carboxylic acids is 1. The van der Waals surface area contributed by atoms with Gasteiger partial charge >= 0.3 is 12.0 Å². The minimum atomic E-state index is -1.19. The summed E-state index contributed by atoms with van der Waals surface area (Å²) in [6.45, 7) is 1.51. The van der Waals surface area contributed by atoms with Gasteiger partial charge in [-0.25, -0.2) is 9.59 Å². The summed E-state index contributed by atoms with van der Waals surface area (Å²) in [5, 5.41) is 11.3. The van der Waals surface area contributed by atoms with E-state index in [-0.39, 0.29) is 12.8 Å². The van der Waals surface area contributed by atoms with Gasteiger partial charge in [-0.05, 0) is 25.2 Å². The quantitative estimate of drug-likeness (QED) is 0.481. The average Bonchev–Trinajstić information content (AvgIpc) is 3.22. The lowest BCUT2D eigenvalue weighted by atomic mass is 10.1. The van der Waals surface area contributed by atoms with E-state index in [9.17, 15) is 14.4 Å². The SMILES string of the molecule is CN(CCOCC1CC1)C(=O)N[C@H](CCC(N)=O)C(=O)O. The first kappa shape index (κ1) is 17.2. The van der Waals surface area contributed by atoms with Gasteiger partial charge in [0.2, 0.25) is 5.91 Å². The highest BCUT2D eigenvalue weighted by molar-refractivity contribution is 5.83. The molecule has 120 valence electrons. The number of hydrogen-bond acceptors (Lipinski definition) is 4. The molecule has 8 heteroatoms. The van der Waals surface area contributed by atoms with Gasteiger partial charge in [-0.15, -0.1) is 0 Å². The Balaban J connectivity index is 2.25. The predicted molar refractivity (Wildman–Crippen MR) is 74.6 cm³/mol. The number of rotatable bonds is 10. The Bertz CT molecular complexity index is 384. The van der Waals surface area contributed by atoms with E-state index in [1.54, 1.807) is 7.05 Å². The number of primary amides is 1. The lowest BCUT2D eigenvalue weighted by Crippen LogP contribution is -2.47. The highest BCUT2D eigenvalue weighted by Crippen LogP contribution is 2.28. The summed E-state index contributed by atoms with van der Waals surface area (Å²) in [5.41, 5.74) is 4.97. The maximum atomic E-state index is 11.8. The second-order valence-electron chi connectivity index (χ2n) is 5.29. The van der Waals surface area contributed by atoms with Crippen molar-refractivity contribution < 1.29 is 24.2 Å². The molecule has 8 nitrogen and oxygen atoms in total. The van der Waals surface area contributed by atoms with Gasteiger partial charge in [-0.3, -0.25) is 4.79 Å². The van der Waals surface area contributed by atoms with Crippen LogP contribution >= 0.6 is 0 Å². The Kier molecular flexibility index (Phi) is 6.93. The zero-order valence-electron chi connectivity index (χ0n) is 12.2. The van der Waals surface area contributed by atoms with E-state index in [2.05, 4.69) is 5.32 Å². The second-order valence-corrected chi connectivity index (χ2v) is 5.29. The summed E-state index contributed by atoms with van der Waals surface area (Å²) < 4.78 is 5.41. The van der Waals surface area contributed by atoms with E-state index >= 15 is 0 Å². The fourth-order valence-electron chi connectivity index (χ4n) is 1.64. The zero-order valence-corrected chi connectivity index (χ0v) is 12.2. The van der Waals surface area contributed by atoms with Crippen molar-refractivity contribution in [1.29, 1.82) is 0 Å². The van der Waals surface area contributed by atoms with Crippen LogP contribution in [0.5, 0.6) is 0 Å².